The Morgan fingerprint density at radius 1 is 1.44 bits per heavy atom. The van der Waals surface area contributed by atoms with E-state index >= 15 is 0 Å². The Kier molecular flexibility index (Phi) is 3.68. The minimum Gasteiger partial charge on any atom is -0.366 e. The summed E-state index contributed by atoms with van der Waals surface area (Å²) >= 11 is 3.32. The Hall–Kier alpha value is -2.22. The first-order valence-corrected chi connectivity index (χ1v) is 5.71. The van der Waals surface area contributed by atoms with Crippen molar-refractivity contribution in [1.29, 1.82) is 0 Å². The molecular formula is C10H9BrN6O. The summed E-state index contributed by atoms with van der Waals surface area (Å²) in [4.78, 5) is 15.1. The van der Waals surface area contributed by atoms with Crippen LogP contribution < -0.4 is 11.2 Å². The van der Waals surface area contributed by atoms with Gasteiger partial charge in [-0.3, -0.25) is 9.89 Å². The number of hydrogen-bond acceptors (Lipinski definition) is 5. The average molecular weight is 309 g/mol. The average Bonchev–Trinajstić information content (AvgIpc) is 2.78. The molecule has 4 N–H and O–H groups in total. The predicted octanol–water partition coefficient (Wildman–Crippen LogP) is 0.913. The van der Waals surface area contributed by atoms with Gasteiger partial charge in [0.25, 0.3) is 0 Å². The first kappa shape index (κ1) is 12.2. The smallest absolute Gasteiger partial charge is 0.308 e. The molecule has 1 heterocycles. The summed E-state index contributed by atoms with van der Waals surface area (Å²) in [5.41, 5.74) is 8.44. The van der Waals surface area contributed by atoms with Crippen molar-refractivity contribution in [2.75, 3.05) is 5.73 Å². The Morgan fingerprint density at radius 2 is 2.17 bits per heavy atom. The molecule has 0 saturated heterocycles. The number of hydrogen-bond donors (Lipinski definition) is 3. The number of nitrogens with two attached hydrogens (primary N) is 1. The van der Waals surface area contributed by atoms with Gasteiger partial charge in [0.1, 0.15) is 0 Å². The van der Waals surface area contributed by atoms with Gasteiger partial charge in [0.05, 0.1) is 6.21 Å². The number of carbonyl (C=O) groups is 1. The summed E-state index contributed by atoms with van der Waals surface area (Å²) in [6, 6.07) is 7.46. The van der Waals surface area contributed by atoms with Crippen molar-refractivity contribution in [2.24, 2.45) is 5.10 Å². The molecule has 18 heavy (non-hydrogen) atoms. The van der Waals surface area contributed by atoms with E-state index in [1.807, 2.05) is 24.3 Å². The predicted molar refractivity (Wildman–Crippen MR) is 70.0 cm³/mol. The normalized spacial score (nSPS) is 10.7. The van der Waals surface area contributed by atoms with Crippen molar-refractivity contribution >= 4 is 34.0 Å². The van der Waals surface area contributed by atoms with Crippen LogP contribution in [-0.4, -0.2) is 27.3 Å². The van der Waals surface area contributed by atoms with Crippen LogP contribution in [0.5, 0.6) is 0 Å². The summed E-state index contributed by atoms with van der Waals surface area (Å²) < 4.78 is 0.973. The number of H-pyrrole nitrogens is 1. The fraction of sp³-hybridized carbons (Fsp3) is 0. The fourth-order valence-electron chi connectivity index (χ4n) is 1.14. The molecule has 1 aromatic heterocycles. The van der Waals surface area contributed by atoms with Gasteiger partial charge in [0.2, 0.25) is 11.8 Å². The number of amides is 1. The van der Waals surface area contributed by atoms with E-state index in [0.29, 0.717) is 0 Å². The number of halogens is 1. The van der Waals surface area contributed by atoms with E-state index in [1.165, 1.54) is 6.21 Å². The first-order valence-electron chi connectivity index (χ1n) is 4.92. The largest absolute Gasteiger partial charge is 0.366 e. The highest BCUT2D eigenvalue weighted by Gasteiger charge is 2.08. The number of nitrogens with one attached hydrogen (secondary N) is 2. The maximum Gasteiger partial charge on any atom is 0.308 e. The lowest BCUT2D eigenvalue weighted by Gasteiger charge is -1.95. The van der Waals surface area contributed by atoms with Gasteiger partial charge in [0.15, 0.2) is 0 Å². The van der Waals surface area contributed by atoms with Crippen LogP contribution in [0.2, 0.25) is 0 Å². The number of hydrazone groups is 1. The highest BCUT2D eigenvalue weighted by atomic mass is 79.9. The van der Waals surface area contributed by atoms with Crippen LogP contribution >= 0.6 is 15.9 Å². The van der Waals surface area contributed by atoms with Gasteiger partial charge < -0.3 is 5.73 Å². The van der Waals surface area contributed by atoms with Crippen LogP contribution in [0.3, 0.4) is 0 Å². The van der Waals surface area contributed by atoms with E-state index in [4.69, 9.17) is 5.73 Å². The highest BCUT2D eigenvalue weighted by Crippen LogP contribution is 2.08. The molecule has 8 heteroatoms. The number of benzene rings is 1. The number of aromatic amines is 1. The zero-order valence-electron chi connectivity index (χ0n) is 9.09. The third-order valence-corrected chi connectivity index (χ3v) is 2.50. The molecule has 0 atom stereocenters. The molecule has 0 radical (unpaired) electrons. The Morgan fingerprint density at radius 3 is 2.78 bits per heavy atom. The Bertz CT molecular complexity index is 576. The van der Waals surface area contributed by atoms with Gasteiger partial charge in [-0.25, -0.2) is 5.43 Å². The Balaban J connectivity index is 1.95. The minimum atomic E-state index is -0.507. The SMILES string of the molecule is Nc1n[nH]c(C(=O)N/N=C\c2ccc(Br)cc2)n1. The molecule has 2 aromatic rings. The number of carbonyl (C=O) groups excluding carboxylic acids is 1. The molecule has 0 aliphatic rings. The molecule has 0 aliphatic heterocycles. The zero-order chi connectivity index (χ0) is 13.0. The van der Waals surface area contributed by atoms with E-state index in [1.54, 1.807) is 0 Å². The quantitative estimate of drug-likeness (QED) is 0.578. The van der Waals surface area contributed by atoms with E-state index in [0.717, 1.165) is 10.0 Å². The van der Waals surface area contributed by atoms with Crippen molar-refractivity contribution in [1.82, 2.24) is 20.6 Å². The van der Waals surface area contributed by atoms with Gasteiger partial charge in [-0.05, 0) is 17.7 Å². The van der Waals surface area contributed by atoms with Crippen LogP contribution in [0.25, 0.3) is 0 Å². The monoisotopic (exact) mass is 308 g/mol. The van der Waals surface area contributed by atoms with Crippen molar-refractivity contribution in [3.8, 4) is 0 Å². The molecule has 92 valence electrons. The van der Waals surface area contributed by atoms with Crippen molar-refractivity contribution in [3.05, 3.63) is 40.1 Å². The third kappa shape index (κ3) is 3.14. The van der Waals surface area contributed by atoms with Gasteiger partial charge in [0, 0.05) is 4.47 Å². The third-order valence-electron chi connectivity index (χ3n) is 1.97. The van der Waals surface area contributed by atoms with Gasteiger partial charge in [-0.2, -0.15) is 10.1 Å². The van der Waals surface area contributed by atoms with E-state index < -0.39 is 5.91 Å². The van der Waals surface area contributed by atoms with Crippen molar-refractivity contribution in [2.45, 2.75) is 0 Å². The second-order valence-corrected chi connectivity index (χ2v) is 4.21. The number of nitrogens with zero attached hydrogens (tertiary/aromatic N) is 3. The summed E-state index contributed by atoms with van der Waals surface area (Å²) in [6.45, 7) is 0. The van der Waals surface area contributed by atoms with Crippen LogP contribution in [0.4, 0.5) is 5.95 Å². The highest BCUT2D eigenvalue weighted by molar-refractivity contribution is 9.10. The minimum absolute atomic E-state index is 0.0111. The molecule has 0 unspecified atom stereocenters. The summed E-state index contributed by atoms with van der Waals surface area (Å²) in [6.07, 6.45) is 1.52. The summed E-state index contributed by atoms with van der Waals surface area (Å²) in [7, 11) is 0. The van der Waals surface area contributed by atoms with Crippen LogP contribution in [0, 0.1) is 0 Å². The van der Waals surface area contributed by atoms with Gasteiger partial charge >= 0.3 is 5.91 Å². The first-order chi connectivity index (χ1) is 8.65. The maximum absolute atomic E-state index is 11.5. The molecule has 0 fully saturated rings. The van der Waals surface area contributed by atoms with E-state index in [2.05, 4.69) is 41.6 Å². The number of anilines is 1. The lowest BCUT2D eigenvalue weighted by Crippen LogP contribution is -2.19. The zero-order valence-corrected chi connectivity index (χ0v) is 10.7. The lowest BCUT2D eigenvalue weighted by atomic mass is 10.2. The topological polar surface area (TPSA) is 109 Å². The molecule has 7 nitrogen and oxygen atoms in total. The Labute approximate surface area is 111 Å². The van der Waals surface area contributed by atoms with Crippen molar-refractivity contribution < 1.29 is 4.79 Å². The molecule has 2 rings (SSSR count). The van der Waals surface area contributed by atoms with E-state index in [9.17, 15) is 4.79 Å². The van der Waals surface area contributed by atoms with Gasteiger partial charge in [-0.15, -0.1) is 5.10 Å². The van der Waals surface area contributed by atoms with Crippen LogP contribution in [0.15, 0.2) is 33.8 Å². The van der Waals surface area contributed by atoms with Crippen molar-refractivity contribution in [3.63, 3.8) is 0 Å². The molecule has 0 aliphatic carbocycles. The van der Waals surface area contributed by atoms with Gasteiger partial charge in [-0.1, -0.05) is 28.1 Å². The molecule has 0 bridgehead atoms. The molecule has 1 amide bonds. The molecule has 0 spiro atoms. The standard InChI is InChI=1S/C10H9BrN6O/c11-7-3-1-6(2-4-7)5-13-16-9(18)8-14-10(12)17-15-8/h1-5H,(H,16,18)(H3,12,14,15,17)/b13-5-. The maximum atomic E-state index is 11.5. The van der Waals surface area contributed by atoms with E-state index in [-0.39, 0.29) is 11.8 Å². The fourth-order valence-corrected chi connectivity index (χ4v) is 1.41. The number of rotatable bonds is 3. The lowest BCUT2D eigenvalue weighted by molar-refractivity contribution is 0.0945. The number of aromatic nitrogens is 3. The second-order valence-electron chi connectivity index (χ2n) is 3.29. The van der Waals surface area contributed by atoms with Crippen LogP contribution in [0.1, 0.15) is 16.2 Å². The molecule has 0 saturated carbocycles. The summed E-state index contributed by atoms with van der Waals surface area (Å²) in [5.74, 6) is -0.481. The summed E-state index contributed by atoms with van der Waals surface area (Å²) in [5, 5.41) is 9.71. The second kappa shape index (κ2) is 5.41. The van der Waals surface area contributed by atoms with Crippen LogP contribution in [-0.2, 0) is 0 Å². The molecular weight excluding hydrogens is 300 g/mol. The number of nitrogen functional groups attached to an aromatic ring is 1. The molecule has 1 aromatic carbocycles.